The van der Waals surface area contributed by atoms with Gasteiger partial charge in [0.25, 0.3) is 0 Å². The monoisotopic (exact) mass is 251 g/mol. The molecule has 2 aromatic rings. The molecule has 0 aliphatic rings. The summed E-state index contributed by atoms with van der Waals surface area (Å²) in [6, 6.07) is 5.32. The minimum atomic E-state index is -0.550. The normalized spacial score (nSPS) is 12.7. The molecule has 5 heteroatoms. The van der Waals surface area contributed by atoms with E-state index in [1.165, 1.54) is 18.2 Å². The molecule has 1 unspecified atom stereocenters. The second-order valence-corrected chi connectivity index (χ2v) is 4.35. The van der Waals surface area contributed by atoms with Crippen LogP contribution in [0.5, 0.6) is 0 Å². The highest BCUT2D eigenvalue weighted by Gasteiger charge is 2.14. The van der Waals surface area contributed by atoms with Crippen LogP contribution < -0.4 is 5.73 Å². The molecule has 96 valence electrons. The summed E-state index contributed by atoms with van der Waals surface area (Å²) in [4.78, 5) is 0. The number of hydrogen-bond donors (Lipinski definition) is 1. The number of benzene rings is 1. The molecule has 18 heavy (non-hydrogen) atoms. The van der Waals surface area contributed by atoms with Gasteiger partial charge < -0.3 is 5.73 Å². The van der Waals surface area contributed by atoms with E-state index in [0.717, 1.165) is 5.69 Å². The second-order valence-electron chi connectivity index (χ2n) is 4.35. The van der Waals surface area contributed by atoms with Crippen molar-refractivity contribution in [2.45, 2.75) is 18.9 Å². The van der Waals surface area contributed by atoms with E-state index in [9.17, 15) is 8.78 Å². The first-order chi connectivity index (χ1) is 8.56. The van der Waals surface area contributed by atoms with Gasteiger partial charge in [-0.25, -0.2) is 8.78 Å². The van der Waals surface area contributed by atoms with Gasteiger partial charge in [-0.1, -0.05) is 6.07 Å². The Morgan fingerprint density at radius 3 is 2.44 bits per heavy atom. The summed E-state index contributed by atoms with van der Waals surface area (Å²) in [5.74, 6) is -1.10. The summed E-state index contributed by atoms with van der Waals surface area (Å²) < 4.78 is 28.5. The van der Waals surface area contributed by atoms with Crippen LogP contribution in [-0.4, -0.2) is 15.8 Å². The van der Waals surface area contributed by atoms with Crippen LogP contribution >= 0.6 is 0 Å². The number of nitrogens with two attached hydrogens (primary N) is 1. The number of rotatable bonds is 4. The summed E-state index contributed by atoms with van der Waals surface area (Å²) in [5.41, 5.74) is 6.77. The fourth-order valence-corrected chi connectivity index (χ4v) is 1.90. The zero-order chi connectivity index (χ0) is 13.1. The number of halogens is 2. The van der Waals surface area contributed by atoms with Crippen molar-refractivity contribution in [2.24, 2.45) is 12.8 Å². The number of nitrogens with zero attached hydrogens (tertiary/aromatic N) is 2. The quantitative estimate of drug-likeness (QED) is 0.900. The summed E-state index contributed by atoms with van der Waals surface area (Å²) in [7, 11) is 1.81. The molecule has 0 bridgehead atoms. The predicted octanol–water partition coefficient (Wildman–Crippen LogP) is 1.81. The topological polar surface area (TPSA) is 43.8 Å². The molecule has 3 nitrogen and oxygen atoms in total. The molecule has 0 amide bonds. The largest absolute Gasteiger partial charge is 0.327 e. The van der Waals surface area contributed by atoms with E-state index in [-0.39, 0.29) is 18.0 Å². The van der Waals surface area contributed by atoms with Crippen molar-refractivity contribution in [1.29, 1.82) is 0 Å². The highest BCUT2D eigenvalue weighted by molar-refractivity contribution is 5.21. The average molecular weight is 251 g/mol. The van der Waals surface area contributed by atoms with Gasteiger partial charge in [0.15, 0.2) is 0 Å². The van der Waals surface area contributed by atoms with E-state index < -0.39 is 11.6 Å². The smallest absolute Gasteiger partial charge is 0.129 e. The lowest BCUT2D eigenvalue weighted by Gasteiger charge is -2.11. The van der Waals surface area contributed by atoms with Crippen LogP contribution in [0, 0.1) is 11.6 Å². The van der Waals surface area contributed by atoms with Crippen LogP contribution in [0.2, 0.25) is 0 Å². The predicted molar refractivity (Wildman–Crippen MR) is 64.9 cm³/mol. The first-order valence-electron chi connectivity index (χ1n) is 5.73. The highest BCUT2D eigenvalue weighted by Crippen LogP contribution is 2.14. The van der Waals surface area contributed by atoms with Crippen molar-refractivity contribution in [3.63, 3.8) is 0 Å². The Hall–Kier alpha value is -1.75. The van der Waals surface area contributed by atoms with Crippen molar-refractivity contribution in [3.05, 3.63) is 53.4 Å². The summed E-state index contributed by atoms with van der Waals surface area (Å²) >= 11 is 0. The van der Waals surface area contributed by atoms with Crippen LogP contribution in [0.3, 0.4) is 0 Å². The van der Waals surface area contributed by atoms with Gasteiger partial charge in [0, 0.05) is 31.3 Å². The maximum Gasteiger partial charge on any atom is 0.129 e. The van der Waals surface area contributed by atoms with Crippen LogP contribution in [-0.2, 0) is 19.9 Å². The van der Waals surface area contributed by atoms with Gasteiger partial charge in [0.1, 0.15) is 11.6 Å². The molecule has 0 radical (unpaired) electrons. The van der Waals surface area contributed by atoms with Crippen LogP contribution in [0.25, 0.3) is 0 Å². The molecule has 0 spiro atoms. The van der Waals surface area contributed by atoms with Crippen molar-refractivity contribution in [3.8, 4) is 0 Å². The van der Waals surface area contributed by atoms with Crippen molar-refractivity contribution in [1.82, 2.24) is 9.78 Å². The molecule has 0 fully saturated rings. The Kier molecular flexibility index (Phi) is 3.72. The van der Waals surface area contributed by atoms with Gasteiger partial charge in [0.2, 0.25) is 0 Å². The third-order valence-electron chi connectivity index (χ3n) is 2.77. The van der Waals surface area contributed by atoms with E-state index >= 15 is 0 Å². The molecule has 1 heterocycles. The summed E-state index contributed by atoms with van der Waals surface area (Å²) in [5, 5.41) is 4.19. The first-order valence-corrected chi connectivity index (χ1v) is 5.73. The zero-order valence-electron chi connectivity index (χ0n) is 10.1. The Bertz CT molecular complexity index is 517. The van der Waals surface area contributed by atoms with Gasteiger partial charge in [-0.05, 0) is 24.6 Å². The lowest BCUT2D eigenvalue weighted by Crippen LogP contribution is -2.26. The van der Waals surface area contributed by atoms with Crippen molar-refractivity contribution in [2.75, 3.05) is 0 Å². The van der Waals surface area contributed by atoms with Crippen LogP contribution in [0.1, 0.15) is 11.3 Å². The fourth-order valence-electron chi connectivity index (χ4n) is 1.90. The minimum Gasteiger partial charge on any atom is -0.327 e. The van der Waals surface area contributed by atoms with E-state index in [0.29, 0.717) is 6.42 Å². The Balaban J connectivity index is 2.05. The van der Waals surface area contributed by atoms with Crippen molar-refractivity contribution < 1.29 is 8.78 Å². The molecule has 1 aromatic carbocycles. The lowest BCUT2D eigenvalue weighted by atomic mass is 10.0. The highest BCUT2D eigenvalue weighted by atomic mass is 19.1. The molecule has 0 saturated carbocycles. The lowest BCUT2D eigenvalue weighted by molar-refractivity contribution is 0.531. The maximum atomic E-state index is 13.4. The SMILES string of the molecule is Cn1ccc(CC(N)Cc2c(F)cccc2F)n1. The van der Waals surface area contributed by atoms with Crippen LogP contribution in [0.4, 0.5) is 8.78 Å². The van der Waals surface area contributed by atoms with Gasteiger partial charge in [0.05, 0.1) is 5.69 Å². The summed E-state index contributed by atoms with van der Waals surface area (Å²) in [6.07, 6.45) is 2.47. The third-order valence-corrected chi connectivity index (χ3v) is 2.77. The van der Waals surface area contributed by atoms with E-state index in [4.69, 9.17) is 5.73 Å². The molecule has 0 aliphatic carbocycles. The molecule has 0 aliphatic heterocycles. The minimum absolute atomic E-state index is 0.0425. The van der Waals surface area contributed by atoms with E-state index in [1.54, 1.807) is 4.68 Å². The standard InChI is InChI=1S/C13H15F2N3/c1-18-6-5-10(17-18)7-9(16)8-11-12(14)3-2-4-13(11)15/h2-6,9H,7-8,16H2,1H3. The zero-order valence-corrected chi connectivity index (χ0v) is 10.1. The molecule has 2 rings (SSSR count). The van der Waals surface area contributed by atoms with E-state index in [1.807, 2.05) is 19.3 Å². The maximum absolute atomic E-state index is 13.4. The van der Waals surface area contributed by atoms with Gasteiger partial charge in [-0.3, -0.25) is 4.68 Å². The third kappa shape index (κ3) is 2.92. The molecule has 2 N–H and O–H groups in total. The number of aryl methyl sites for hydroxylation is 1. The Morgan fingerprint density at radius 1 is 1.22 bits per heavy atom. The fraction of sp³-hybridized carbons (Fsp3) is 0.308. The van der Waals surface area contributed by atoms with Gasteiger partial charge in [-0.15, -0.1) is 0 Å². The first kappa shape index (κ1) is 12.7. The molecular weight excluding hydrogens is 236 g/mol. The van der Waals surface area contributed by atoms with Gasteiger partial charge in [-0.2, -0.15) is 5.10 Å². The molecule has 1 atom stereocenters. The number of aromatic nitrogens is 2. The number of hydrogen-bond acceptors (Lipinski definition) is 2. The van der Waals surface area contributed by atoms with Crippen molar-refractivity contribution >= 4 is 0 Å². The molecular formula is C13H15F2N3. The van der Waals surface area contributed by atoms with E-state index in [2.05, 4.69) is 5.10 Å². The second kappa shape index (κ2) is 5.27. The Labute approximate surface area is 104 Å². The van der Waals surface area contributed by atoms with Gasteiger partial charge >= 0.3 is 0 Å². The molecule has 0 saturated heterocycles. The molecule has 1 aromatic heterocycles. The van der Waals surface area contributed by atoms with Crippen LogP contribution in [0.15, 0.2) is 30.5 Å². The Morgan fingerprint density at radius 2 is 1.89 bits per heavy atom. The average Bonchev–Trinajstić information content (AvgIpc) is 2.69. The summed E-state index contributed by atoms with van der Waals surface area (Å²) in [6.45, 7) is 0.